The summed E-state index contributed by atoms with van der Waals surface area (Å²) in [5, 5.41) is 0. The third kappa shape index (κ3) is 3.60. The molecule has 0 bridgehead atoms. The normalized spacial score (nSPS) is 9.39. The van der Waals surface area contributed by atoms with Gasteiger partial charge in [0.1, 0.15) is 0 Å². The zero-order valence-electron chi connectivity index (χ0n) is 10.0. The number of carbonyl (C=O) groups excluding carboxylic acids is 1. The van der Waals surface area contributed by atoms with E-state index in [0.717, 1.165) is 11.1 Å². The fourth-order valence-electron chi connectivity index (χ4n) is 1.40. The van der Waals surface area contributed by atoms with Gasteiger partial charge >= 0.3 is 113 Å². The van der Waals surface area contributed by atoms with E-state index < -0.39 is 0 Å². The minimum atomic E-state index is -0.313. The van der Waals surface area contributed by atoms with Gasteiger partial charge in [0.25, 0.3) is 0 Å². The Bertz CT molecular complexity index is 588. The van der Waals surface area contributed by atoms with Crippen LogP contribution in [0.3, 0.4) is 0 Å². The van der Waals surface area contributed by atoms with Gasteiger partial charge in [0.05, 0.1) is 0 Å². The van der Waals surface area contributed by atoms with Gasteiger partial charge in [-0.3, -0.25) is 0 Å². The van der Waals surface area contributed by atoms with E-state index in [9.17, 15) is 4.79 Å². The molecule has 0 aromatic heterocycles. The van der Waals surface area contributed by atoms with Gasteiger partial charge in [-0.15, -0.1) is 0 Å². The molecule has 88 valence electrons. The predicted molar refractivity (Wildman–Crippen MR) is 74.6 cm³/mol. The van der Waals surface area contributed by atoms with Crippen LogP contribution in [0, 0.1) is 17.7 Å². The summed E-state index contributed by atoms with van der Waals surface area (Å²) >= 11 is -0.313. The van der Waals surface area contributed by atoms with Crippen LogP contribution in [-0.2, 0) is 0 Å². The molecular weight excluding hydrogens is 287 g/mol. The number of hydrogen-bond donors (Lipinski definition) is 0. The monoisotopic (exact) mass is 300 g/mol. The number of hydrogen-bond acceptors (Lipinski definition) is 1. The van der Waals surface area contributed by atoms with E-state index in [1.807, 2.05) is 61.5 Å². The van der Waals surface area contributed by atoms with E-state index in [1.165, 1.54) is 5.56 Å². The van der Waals surface area contributed by atoms with E-state index >= 15 is 0 Å². The van der Waals surface area contributed by atoms with E-state index in [2.05, 4.69) is 10.7 Å². The van der Waals surface area contributed by atoms with Crippen LogP contribution in [0.25, 0.3) is 0 Å². The fraction of sp³-hybridized carbons (Fsp3) is 0.0625. The zero-order chi connectivity index (χ0) is 12.8. The summed E-state index contributed by atoms with van der Waals surface area (Å²) in [5.41, 5.74) is 2.92. The average molecular weight is 299 g/mol. The summed E-state index contributed by atoms with van der Waals surface area (Å²) in [5.74, 6) is 3.03. The van der Waals surface area contributed by atoms with Crippen LogP contribution in [-0.4, -0.2) is 19.6 Å². The number of aryl methyl sites for hydroxylation is 1. The molecule has 0 aliphatic carbocycles. The number of benzene rings is 2. The van der Waals surface area contributed by atoms with Crippen LogP contribution in [0.5, 0.6) is 0 Å². The Balaban J connectivity index is 2.00. The second kappa shape index (κ2) is 6.21. The Hall–Kier alpha value is -1.81. The van der Waals surface area contributed by atoms with Crippen LogP contribution < -0.4 is 0 Å². The van der Waals surface area contributed by atoms with Crippen molar-refractivity contribution in [1.82, 2.24) is 0 Å². The van der Waals surface area contributed by atoms with Gasteiger partial charge in [0, 0.05) is 0 Å². The quantitative estimate of drug-likeness (QED) is 0.615. The standard InChI is InChI=1S/C16H12OSe/c1-13-7-9-14(10-8-13)11-12-18-16(17)15-5-3-2-4-6-15/h2-10H,1H3. The van der Waals surface area contributed by atoms with Crippen LogP contribution >= 0.6 is 0 Å². The first-order valence-corrected chi connectivity index (χ1v) is 7.31. The molecule has 0 atom stereocenters. The Morgan fingerprint density at radius 3 is 2.33 bits per heavy atom. The predicted octanol–water partition coefficient (Wildman–Crippen LogP) is 2.85. The molecule has 2 aromatic rings. The first-order valence-electron chi connectivity index (χ1n) is 5.59. The summed E-state index contributed by atoms with van der Waals surface area (Å²) in [6.45, 7) is 2.04. The third-order valence-electron chi connectivity index (χ3n) is 2.40. The molecule has 2 heteroatoms. The Morgan fingerprint density at radius 2 is 1.67 bits per heavy atom. The van der Waals surface area contributed by atoms with Crippen LogP contribution in [0.4, 0.5) is 0 Å². The second-order valence-corrected chi connectivity index (χ2v) is 5.48. The summed E-state index contributed by atoms with van der Waals surface area (Å²) in [6, 6.07) is 17.3. The molecule has 0 saturated heterocycles. The molecule has 0 unspecified atom stereocenters. The van der Waals surface area contributed by atoms with Gasteiger partial charge in [0.15, 0.2) is 0 Å². The second-order valence-electron chi connectivity index (χ2n) is 3.85. The molecule has 0 saturated carbocycles. The van der Waals surface area contributed by atoms with E-state index in [1.54, 1.807) is 0 Å². The molecule has 0 radical (unpaired) electrons. The molecule has 2 aromatic carbocycles. The summed E-state index contributed by atoms with van der Waals surface area (Å²) in [6.07, 6.45) is 0. The Morgan fingerprint density at radius 1 is 1.00 bits per heavy atom. The SMILES string of the molecule is Cc1ccc(C#C[Se]C(=O)c2ccccc2)cc1. The van der Waals surface area contributed by atoms with Crippen molar-refractivity contribution in [1.29, 1.82) is 0 Å². The zero-order valence-corrected chi connectivity index (χ0v) is 11.7. The van der Waals surface area contributed by atoms with E-state index in [-0.39, 0.29) is 19.6 Å². The van der Waals surface area contributed by atoms with Crippen molar-refractivity contribution in [3.8, 4) is 10.7 Å². The molecule has 0 heterocycles. The third-order valence-corrected chi connectivity index (χ3v) is 3.71. The molecule has 1 nitrogen and oxygen atoms in total. The average Bonchev–Trinajstić information content (AvgIpc) is 2.42. The van der Waals surface area contributed by atoms with Gasteiger partial charge in [-0.2, -0.15) is 0 Å². The summed E-state index contributed by atoms with van der Waals surface area (Å²) in [4.78, 5) is 14.8. The number of carbonyl (C=O) groups is 1. The molecule has 0 fully saturated rings. The molecule has 0 aliphatic rings. The maximum atomic E-state index is 11.8. The van der Waals surface area contributed by atoms with Crippen LogP contribution in [0.15, 0.2) is 54.6 Å². The summed E-state index contributed by atoms with van der Waals surface area (Å²) < 4.78 is 0.128. The van der Waals surface area contributed by atoms with Crippen molar-refractivity contribution in [3.63, 3.8) is 0 Å². The first kappa shape index (κ1) is 12.6. The summed E-state index contributed by atoms with van der Waals surface area (Å²) in [7, 11) is 0. The van der Waals surface area contributed by atoms with Crippen molar-refractivity contribution in [2.45, 2.75) is 6.92 Å². The molecule has 0 aliphatic heterocycles. The van der Waals surface area contributed by atoms with Crippen molar-refractivity contribution in [3.05, 3.63) is 71.3 Å². The van der Waals surface area contributed by atoms with Crippen molar-refractivity contribution in [2.75, 3.05) is 0 Å². The van der Waals surface area contributed by atoms with Gasteiger partial charge in [-0.1, -0.05) is 0 Å². The van der Waals surface area contributed by atoms with Crippen molar-refractivity contribution < 1.29 is 4.79 Å². The first-order chi connectivity index (χ1) is 8.75. The van der Waals surface area contributed by atoms with Crippen LogP contribution in [0.1, 0.15) is 21.5 Å². The van der Waals surface area contributed by atoms with Gasteiger partial charge < -0.3 is 0 Å². The molecule has 0 spiro atoms. The molecule has 0 amide bonds. The van der Waals surface area contributed by atoms with Gasteiger partial charge in [-0.05, 0) is 0 Å². The molecule has 2 rings (SSSR count). The van der Waals surface area contributed by atoms with Gasteiger partial charge in [0.2, 0.25) is 0 Å². The molecule has 0 N–H and O–H groups in total. The number of rotatable bonds is 2. The van der Waals surface area contributed by atoms with E-state index in [0.29, 0.717) is 0 Å². The molecule has 18 heavy (non-hydrogen) atoms. The van der Waals surface area contributed by atoms with Gasteiger partial charge in [-0.25, -0.2) is 0 Å². The topological polar surface area (TPSA) is 17.1 Å². The maximum absolute atomic E-state index is 11.8. The fourth-order valence-corrected chi connectivity index (χ4v) is 2.48. The Labute approximate surface area is 113 Å². The van der Waals surface area contributed by atoms with Crippen molar-refractivity contribution >= 4 is 19.6 Å². The Kier molecular flexibility index (Phi) is 4.36. The molecular formula is C16H12OSe. The van der Waals surface area contributed by atoms with Crippen LogP contribution in [0.2, 0.25) is 0 Å². The van der Waals surface area contributed by atoms with Crippen molar-refractivity contribution in [2.24, 2.45) is 0 Å². The minimum absolute atomic E-state index is 0.128. The van der Waals surface area contributed by atoms with E-state index in [4.69, 9.17) is 0 Å².